The van der Waals surface area contributed by atoms with E-state index in [2.05, 4.69) is 10.3 Å². The Morgan fingerprint density at radius 1 is 1.07 bits per heavy atom. The lowest BCUT2D eigenvalue weighted by Crippen LogP contribution is -2.36. The molecule has 4 aromatic rings. The lowest BCUT2D eigenvalue weighted by Gasteiger charge is -2.18. The third-order valence-electron chi connectivity index (χ3n) is 4.58. The monoisotopic (exact) mass is 373 g/mol. The summed E-state index contributed by atoms with van der Waals surface area (Å²) in [5.41, 5.74) is 2.74. The molecule has 1 N–H and O–H groups in total. The van der Waals surface area contributed by atoms with Crippen LogP contribution in [-0.2, 0) is 16.1 Å². The predicted molar refractivity (Wildman–Crippen MR) is 108 cm³/mol. The molecule has 1 aromatic heterocycles. The number of hydrogen-bond donors (Lipinski definition) is 1. The van der Waals surface area contributed by atoms with Crippen LogP contribution < -0.4 is 5.32 Å². The molecule has 0 unspecified atom stereocenters. The fraction of sp³-hybridized carbons (Fsp3) is 0.136. The number of fused-ring (bicyclic) bond motifs is 2. The Kier molecular flexibility index (Phi) is 4.53. The minimum Gasteiger partial charge on any atom is -0.441 e. The van der Waals surface area contributed by atoms with Crippen molar-refractivity contribution in [2.45, 2.75) is 13.5 Å². The maximum Gasteiger partial charge on any atom is 0.313 e. The summed E-state index contributed by atoms with van der Waals surface area (Å²) in [5.74, 6) is -0.760. The number of rotatable bonds is 3. The minimum atomic E-state index is -0.696. The number of carbonyl (C=O) groups excluding carboxylic acids is 2. The van der Waals surface area contributed by atoms with Crippen molar-refractivity contribution in [3.63, 3.8) is 0 Å². The maximum atomic E-state index is 12.5. The fourth-order valence-electron chi connectivity index (χ4n) is 3.23. The Bertz CT molecular complexity index is 1190. The number of aromatic nitrogens is 1. The van der Waals surface area contributed by atoms with Crippen LogP contribution in [0.2, 0.25) is 0 Å². The third-order valence-corrected chi connectivity index (χ3v) is 4.58. The molecule has 0 bridgehead atoms. The van der Waals surface area contributed by atoms with Crippen LogP contribution >= 0.6 is 0 Å². The number of amides is 2. The van der Waals surface area contributed by atoms with E-state index in [-0.39, 0.29) is 0 Å². The second-order valence-corrected chi connectivity index (χ2v) is 6.67. The molecule has 1 heterocycles. The molecule has 0 aliphatic heterocycles. The van der Waals surface area contributed by atoms with Crippen LogP contribution in [0.1, 0.15) is 11.5 Å². The topological polar surface area (TPSA) is 75.4 Å². The van der Waals surface area contributed by atoms with Crippen molar-refractivity contribution in [1.29, 1.82) is 0 Å². The summed E-state index contributed by atoms with van der Waals surface area (Å²) in [4.78, 5) is 30.6. The first kappa shape index (κ1) is 17.7. The second-order valence-electron chi connectivity index (χ2n) is 6.67. The average molecular weight is 373 g/mol. The summed E-state index contributed by atoms with van der Waals surface area (Å²) in [6, 6.07) is 19.0. The first-order chi connectivity index (χ1) is 13.5. The van der Waals surface area contributed by atoms with Gasteiger partial charge in [0.2, 0.25) is 0 Å². The zero-order valence-corrected chi connectivity index (χ0v) is 15.6. The van der Waals surface area contributed by atoms with Crippen LogP contribution in [0, 0.1) is 6.92 Å². The second kappa shape index (κ2) is 7.15. The number of anilines is 1. The van der Waals surface area contributed by atoms with E-state index >= 15 is 0 Å². The zero-order valence-electron chi connectivity index (χ0n) is 15.6. The third kappa shape index (κ3) is 3.44. The standard InChI is InChI=1S/C22H19N3O3/c1-14-23-19-11-10-17(12-20(19)28-14)24-21(26)22(27)25(2)13-16-8-5-7-15-6-3-4-9-18(15)16/h3-12H,13H2,1-2H3,(H,24,26). The highest BCUT2D eigenvalue weighted by Crippen LogP contribution is 2.21. The van der Waals surface area contributed by atoms with E-state index in [0.717, 1.165) is 16.3 Å². The number of hydrogen-bond acceptors (Lipinski definition) is 4. The average Bonchev–Trinajstić information content (AvgIpc) is 3.07. The Hall–Kier alpha value is -3.67. The molecule has 0 spiro atoms. The van der Waals surface area contributed by atoms with Gasteiger partial charge in [0.1, 0.15) is 5.52 Å². The fourth-order valence-corrected chi connectivity index (χ4v) is 3.23. The molecule has 3 aromatic carbocycles. The van der Waals surface area contributed by atoms with Crippen molar-refractivity contribution in [1.82, 2.24) is 9.88 Å². The molecule has 0 atom stereocenters. The number of benzene rings is 3. The largest absolute Gasteiger partial charge is 0.441 e. The number of nitrogens with one attached hydrogen (secondary N) is 1. The van der Waals surface area contributed by atoms with Gasteiger partial charge in [-0.3, -0.25) is 9.59 Å². The highest BCUT2D eigenvalue weighted by atomic mass is 16.3. The van der Waals surface area contributed by atoms with Gasteiger partial charge in [0, 0.05) is 32.3 Å². The van der Waals surface area contributed by atoms with E-state index in [1.165, 1.54) is 4.90 Å². The van der Waals surface area contributed by atoms with Gasteiger partial charge in [-0.2, -0.15) is 0 Å². The van der Waals surface area contributed by atoms with Crippen LogP contribution in [0.3, 0.4) is 0 Å². The van der Waals surface area contributed by atoms with Gasteiger partial charge in [-0.25, -0.2) is 4.98 Å². The maximum absolute atomic E-state index is 12.5. The van der Waals surface area contributed by atoms with Gasteiger partial charge in [0.05, 0.1) is 0 Å². The number of oxazole rings is 1. The van der Waals surface area contributed by atoms with E-state index in [1.807, 2.05) is 42.5 Å². The molecule has 2 amide bonds. The molecular weight excluding hydrogens is 354 g/mol. The highest BCUT2D eigenvalue weighted by Gasteiger charge is 2.20. The van der Waals surface area contributed by atoms with Crippen LogP contribution in [0.25, 0.3) is 21.9 Å². The Balaban J connectivity index is 1.48. The van der Waals surface area contributed by atoms with Crippen molar-refractivity contribution in [3.8, 4) is 0 Å². The molecule has 0 aliphatic carbocycles. The zero-order chi connectivity index (χ0) is 19.7. The Morgan fingerprint density at radius 2 is 1.86 bits per heavy atom. The van der Waals surface area contributed by atoms with Crippen molar-refractivity contribution < 1.29 is 14.0 Å². The lowest BCUT2D eigenvalue weighted by atomic mass is 10.0. The van der Waals surface area contributed by atoms with Crippen molar-refractivity contribution in [2.75, 3.05) is 12.4 Å². The normalized spacial score (nSPS) is 10.9. The van der Waals surface area contributed by atoms with Crippen LogP contribution in [0.4, 0.5) is 5.69 Å². The molecule has 6 heteroatoms. The van der Waals surface area contributed by atoms with E-state index in [9.17, 15) is 9.59 Å². The van der Waals surface area contributed by atoms with Gasteiger partial charge in [-0.15, -0.1) is 0 Å². The van der Waals surface area contributed by atoms with Crippen molar-refractivity contribution in [2.24, 2.45) is 0 Å². The first-order valence-corrected chi connectivity index (χ1v) is 8.91. The smallest absolute Gasteiger partial charge is 0.313 e. The minimum absolute atomic E-state index is 0.341. The number of carbonyl (C=O) groups is 2. The molecule has 4 rings (SSSR count). The molecule has 0 saturated heterocycles. The van der Waals surface area contributed by atoms with Gasteiger partial charge in [0.15, 0.2) is 11.5 Å². The van der Waals surface area contributed by atoms with Gasteiger partial charge < -0.3 is 14.6 Å². The van der Waals surface area contributed by atoms with E-state index in [0.29, 0.717) is 29.2 Å². The van der Waals surface area contributed by atoms with E-state index in [1.54, 1.807) is 32.2 Å². The quantitative estimate of drug-likeness (QED) is 0.553. The molecule has 6 nitrogen and oxygen atoms in total. The summed E-state index contributed by atoms with van der Waals surface area (Å²) in [7, 11) is 1.62. The van der Waals surface area contributed by atoms with Crippen LogP contribution in [0.15, 0.2) is 65.1 Å². The van der Waals surface area contributed by atoms with Gasteiger partial charge >= 0.3 is 11.8 Å². The summed E-state index contributed by atoms with van der Waals surface area (Å²) in [5, 5.41) is 4.79. The van der Waals surface area contributed by atoms with Gasteiger partial charge in [-0.05, 0) is 28.5 Å². The summed E-state index contributed by atoms with van der Waals surface area (Å²) in [6.07, 6.45) is 0. The number of aryl methyl sites for hydroxylation is 1. The number of nitrogens with zero attached hydrogens (tertiary/aromatic N) is 2. The molecule has 140 valence electrons. The summed E-state index contributed by atoms with van der Waals surface area (Å²) >= 11 is 0. The molecule has 0 aliphatic rings. The van der Waals surface area contributed by atoms with Crippen molar-refractivity contribution >= 4 is 39.4 Å². The molecular formula is C22H19N3O3. The van der Waals surface area contributed by atoms with Crippen LogP contribution in [0.5, 0.6) is 0 Å². The molecule has 0 fully saturated rings. The van der Waals surface area contributed by atoms with Crippen LogP contribution in [-0.4, -0.2) is 28.7 Å². The molecule has 0 saturated carbocycles. The predicted octanol–water partition coefficient (Wildman–Crippen LogP) is 3.89. The summed E-state index contributed by atoms with van der Waals surface area (Å²) < 4.78 is 5.46. The van der Waals surface area contributed by atoms with Gasteiger partial charge in [-0.1, -0.05) is 42.5 Å². The van der Waals surface area contributed by atoms with Gasteiger partial charge in [0.25, 0.3) is 0 Å². The summed E-state index contributed by atoms with van der Waals surface area (Å²) in [6.45, 7) is 2.10. The molecule has 28 heavy (non-hydrogen) atoms. The Morgan fingerprint density at radius 3 is 2.71 bits per heavy atom. The SMILES string of the molecule is Cc1nc2ccc(NC(=O)C(=O)N(C)Cc3cccc4ccccc34)cc2o1. The molecule has 0 radical (unpaired) electrons. The van der Waals surface area contributed by atoms with E-state index < -0.39 is 11.8 Å². The highest BCUT2D eigenvalue weighted by molar-refractivity contribution is 6.39. The Labute approximate surface area is 161 Å². The lowest BCUT2D eigenvalue weighted by molar-refractivity contribution is -0.142. The van der Waals surface area contributed by atoms with Crippen molar-refractivity contribution in [3.05, 3.63) is 72.1 Å². The first-order valence-electron chi connectivity index (χ1n) is 8.91. The van der Waals surface area contributed by atoms with E-state index in [4.69, 9.17) is 4.42 Å². The number of likely N-dealkylation sites (N-methyl/N-ethyl adjacent to an activating group) is 1.